The van der Waals surface area contributed by atoms with E-state index in [1.165, 1.54) is 44.9 Å². The van der Waals surface area contributed by atoms with Crippen LogP contribution >= 0.6 is 0 Å². The number of rotatable bonds is 0. The van der Waals surface area contributed by atoms with Crippen molar-refractivity contribution in [2.75, 3.05) is 0 Å². The molecular formula is C21H34O. The molecule has 0 radical (unpaired) electrons. The predicted octanol–water partition coefficient (Wildman–Crippen LogP) is 5.34. The number of aliphatic hydroxyl groups is 1. The van der Waals surface area contributed by atoms with Gasteiger partial charge in [0.05, 0.1) is 6.10 Å². The molecule has 0 aliphatic heterocycles. The van der Waals surface area contributed by atoms with Crippen LogP contribution in [0.15, 0.2) is 11.6 Å². The van der Waals surface area contributed by atoms with Crippen LogP contribution in [0.2, 0.25) is 0 Å². The molecule has 0 aromatic rings. The van der Waals surface area contributed by atoms with Gasteiger partial charge < -0.3 is 5.11 Å². The van der Waals surface area contributed by atoms with Crippen LogP contribution in [0.4, 0.5) is 0 Å². The van der Waals surface area contributed by atoms with Gasteiger partial charge in [-0.25, -0.2) is 0 Å². The Balaban J connectivity index is 1.63. The molecule has 4 aliphatic carbocycles. The highest BCUT2D eigenvalue weighted by atomic mass is 16.3. The van der Waals surface area contributed by atoms with Crippen molar-refractivity contribution < 1.29 is 5.11 Å². The van der Waals surface area contributed by atoms with Crippen LogP contribution in [0.3, 0.4) is 0 Å². The average molecular weight is 303 g/mol. The fourth-order valence-electron chi connectivity index (χ4n) is 7.56. The van der Waals surface area contributed by atoms with E-state index >= 15 is 0 Å². The van der Waals surface area contributed by atoms with Crippen LogP contribution in [0.1, 0.15) is 78.6 Å². The third-order valence-electron chi connectivity index (χ3n) is 8.83. The predicted molar refractivity (Wildman–Crippen MR) is 91.5 cm³/mol. The molecule has 4 saturated carbocycles. The van der Waals surface area contributed by atoms with Crippen LogP contribution < -0.4 is 0 Å². The zero-order valence-electron chi connectivity index (χ0n) is 14.8. The average Bonchev–Trinajstić information content (AvgIpc) is 2.84. The topological polar surface area (TPSA) is 20.2 Å². The highest BCUT2D eigenvalue weighted by molar-refractivity contribution is 5.23. The molecule has 0 heterocycles. The zero-order valence-corrected chi connectivity index (χ0v) is 14.8. The quantitative estimate of drug-likeness (QED) is 0.599. The third-order valence-corrected chi connectivity index (χ3v) is 8.83. The molecule has 124 valence electrons. The Bertz CT molecular complexity index is 480. The van der Waals surface area contributed by atoms with Crippen LogP contribution in [-0.2, 0) is 0 Å². The van der Waals surface area contributed by atoms with Gasteiger partial charge in [0.15, 0.2) is 0 Å². The second-order valence-electron chi connectivity index (χ2n) is 9.39. The second-order valence-corrected chi connectivity index (χ2v) is 9.39. The van der Waals surface area contributed by atoms with E-state index in [0.717, 1.165) is 36.5 Å². The maximum Gasteiger partial charge on any atom is 0.0543 e. The largest absolute Gasteiger partial charge is 0.393 e. The Kier molecular flexibility index (Phi) is 3.53. The van der Waals surface area contributed by atoms with Crippen LogP contribution in [-0.4, -0.2) is 11.2 Å². The molecule has 0 aromatic heterocycles. The first-order valence-electron chi connectivity index (χ1n) is 9.83. The molecule has 0 spiro atoms. The van der Waals surface area contributed by atoms with E-state index in [2.05, 4.69) is 26.8 Å². The molecule has 7 atom stereocenters. The molecule has 4 rings (SSSR count). The van der Waals surface area contributed by atoms with Crippen LogP contribution in [0, 0.1) is 34.5 Å². The highest BCUT2D eigenvalue weighted by Gasteiger charge is 2.58. The van der Waals surface area contributed by atoms with Gasteiger partial charge in [-0.1, -0.05) is 25.5 Å². The molecule has 22 heavy (non-hydrogen) atoms. The van der Waals surface area contributed by atoms with E-state index in [1.54, 1.807) is 5.57 Å². The molecule has 4 aliphatic rings. The van der Waals surface area contributed by atoms with Crippen LogP contribution in [0.5, 0.6) is 0 Å². The Hall–Kier alpha value is -0.300. The Morgan fingerprint density at radius 2 is 1.82 bits per heavy atom. The molecule has 1 heteroatoms. The van der Waals surface area contributed by atoms with Gasteiger partial charge in [-0.3, -0.25) is 0 Å². The molecule has 0 saturated heterocycles. The minimum atomic E-state index is -0.00964. The van der Waals surface area contributed by atoms with Gasteiger partial charge in [0.25, 0.3) is 0 Å². The molecule has 1 N–H and O–H groups in total. The summed E-state index contributed by atoms with van der Waals surface area (Å²) >= 11 is 0. The van der Waals surface area contributed by atoms with Gasteiger partial charge in [-0.2, -0.15) is 0 Å². The maximum absolute atomic E-state index is 10.1. The smallest absolute Gasteiger partial charge is 0.0543 e. The van der Waals surface area contributed by atoms with Gasteiger partial charge in [-0.15, -0.1) is 0 Å². The van der Waals surface area contributed by atoms with Crippen molar-refractivity contribution in [3.8, 4) is 0 Å². The minimum Gasteiger partial charge on any atom is -0.393 e. The lowest BCUT2D eigenvalue weighted by Crippen LogP contribution is -2.53. The van der Waals surface area contributed by atoms with Crippen molar-refractivity contribution in [1.29, 1.82) is 0 Å². The summed E-state index contributed by atoms with van der Waals surface area (Å²) in [5.74, 6) is 3.65. The van der Waals surface area contributed by atoms with Crippen molar-refractivity contribution in [3.63, 3.8) is 0 Å². The lowest BCUT2D eigenvalue weighted by molar-refractivity contribution is -0.116. The molecule has 1 nitrogen and oxygen atoms in total. The summed E-state index contributed by atoms with van der Waals surface area (Å²) < 4.78 is 0. The SMILES string of the molecule is C/C=C1/CC[C@@H]2[C@@H]3CC[C@@H]4C[C@H](O)CC[C@]4(C)[C@@H]3CC[C@]12C. The Morgan fingerprint density at radius 3 is 2.59 bits per heavy atom. The fourth-order valence-corrected chi connectivity index (χ4v) is 7.56. The summed E-state index contributed by atoms with van der Waals surface area (Å²) in [5.41, 5.74) is 2.82. The van der Waals surface area contributed by atoms with Crippen molar-refractivity contribution in [2.24, 2.45) is 34.5 Å². The monoisotopic (exact) mass is 302 g/mol. The maximum atomic E-state index is 10.1. The summed E-state index contributed by atoms with van der Waals surface area (Å²) in [5, 5.41) is 10.1. The van der Waals surface area contributed by atoms with Crippen molar-refractivity contribution >= 4 is 0 Å². The van der Waals surface area contributed by atoms with Crippen molar-refractivity contribution in [3.05, 3.63) is 11.6 Å². The summed E-state index contributed by atoms with van der Waals surface area (Å²) in [6, 6.07) is 0. The Labute approximate surface area is 136 Å². The molecule has 0 amide bonds. The summed E-state index contributed by atoms with van der Waals surface area (Å²) in [6.07, 6.45) is 14.3. The summed E-state index contributed by atoms with van der Waals surface area (Å²) in [6.45, 7) is 7.43. The minimum absolute atomic E-state index is 0.00964. The first-order valence-corrected chi connectivity index (χ1v) is 9.83. The van der Waals surface area contributed by atoms with E-state index in [-0.39, 0.29) is 6.10 Å². The number of hydrogen-bond acceptors (Lipinski definition) is 1. The fraction of sp³-hybridized carbons (Fsp3) is 0.905. The normalized spacial score (nSPS) is 56.4. The number of aliphatic hydroxyl groups excluding tert-OH is 1. The standard InChI is InChI=1S/C21H34O/c1-4-14-6-8-18-17-7-5-15-13-16(22)9-11-21(15,3)19(17)10-12-20(14,18)2/h4,15-19,22H,5-13H2,1-3H3/b14-4-/t15-,16-,17+,18-,19-,20-,21+/m1/s1. The first kappa shape index (κ1) is 15.2. The Morgan fingerprint density at radius 1 is 1.00 bits per heavy atom. The van der Waals surface area contributed by atoms with Gasteiger partial charge >= 0.3 is 0 Å². The highest BCUT2D eigenvalue weighted by Crippen LogP contribution is 2.67. The van der Waals surface area contributed by atoms with Gasteiger partial charge in [0, 0.05) is 0 Å². The molecule has 0 unspecified atom stereocenters. The number of allylic oxidation sites excluding steroid dienone is 2. The van der Waals surface area contributed by atoms with E-state index in [9.17, 15) is 5.11 Å². The second kappa shape index (κ2) is 5.10. The molecule has 0 bridgehead atoms. The third kappa shape index (κ3) is 1.93. The summed E-state index contributed by atoms with van der Waals surface area (Å²) in [7, 11) is 0. The van der Waals surface area contributed by atoms with E-state index in [1.807, 2.05) is 0 Å². The van der Waals surface area contributed by atoms with E-state index in [4.69, 9.17) is 0 Å². The lowest BCUT2D eigenvalue weighted by Gasteiger charge is -2.60. The molecule has 4 fully saturated rings. The number of hydrogen-bond donors (Lipinski definition) is 1. The first-order chi connectivity index (χ1) is 10.5. The van der Waals surface area contributed by atoms with E-state index < -0.39 is 0 Å². The van der Waals surface area contributed by atoms with Gasteiger partial charge in [-0.05, 0) is 99.2 Å². The summed E-state index contributed by atoms with van der Waals surface area (Å²) in [4.78, 5) is 0. The zero-order chi connectivity index (χ0) is 15.5. The van der Waals surface area contributed by atoms with Crippen molar-refractivity contribution in [1.82, 2.24) is 0 Å². The van der Waals surface area contributed by atoms with E-state index in [0.29, 0.717) is 10.8 Å². The molecular weight excluding hydrogens is 268 g/mol. The molecule has 0 aromatic carbocycles. The lowest BCUT2D eigenvalue weighted by atomic mass is 9.45. The van der Waals surface area contributed by atoms with Gasteiger partial charge in [0.1, 0.15) is 0 Å². The van der Waals surface area contributed by atoms with Gasteiger partial charge in [0.2, 0.25) is 0 Å². The number of fused-ring (bicyclic) bond motifs is 5. The van der Waals surface area contributed by atoms with Crippen molar-refractivity contribution in [2.45, 2.75) is 84.7 Å². The van der Waals surface area contributed by atoms with Crippen LogP contribution in [0.25, 0.3) is 0 Å².